The second-order valence-corrected chi connectivity index (χ2v) is 5.89. The van der Waals surface area contributed by atoms with Crippen LogP contribution >= 0.6 is 0 Å². The molecule has 0 aliphatic carbocycles. The minimum absolute atomic E-state index is 0.154. The largest absolute Gasteiger partial charge is 0.493 e. The Labute approximate surface area is 137 Å². The number of ether oxygens (including phenoxy) is 3. The summed E-state index contributed by atoms with van der Waals surface area (Å²) in [5.41, 5.74) is 0.466. The van der Waals surface area contributed by atoms with Gasteiger partial charge in [0.15, 0.2) is 11.5 Å². The van der Waals surface area contributed by atoms with Gasteiger partial charge in [-0.25, -0.2) is 4.79 Å². The molecule has 6 nitrogen and oxygen atoms in total. The Morgan fingerprint density at radius 2 is 1.78 bits per heavy atom. The molecule has 0 unspecified atom stereocenters. The van der Waals surface area contributed by atoms with Crippen molar-refractivity contribution in [2.24, 2.45) is 0 Å². The highest BCUT2D eigenvalue weighted by atomic mass is 16.5. The quantitative estimate of drug-likeness (QED) is 0.740. The summed E-state index contributed by atoms with van der Waals surface area (Å²) < 4.78 is 15.9. The number of hydrogen-bond acceptors (Lipinski definition) is 6. The zero-order valence-electron chi connectivity index (χ0n) is 14.4. The maximum Gasteiger partial charge on any atom is 0.338 e. The van der Waals surface area contributed by atoms with Crippen molar-refractivity contribution in [1.29, 1.82) is 0 Å². The summed E-state index contributed by atoms with van der Waals surface area (Å²) in [5, 5.41) is 0. The molecule has 1 fully saturated rings. The molecule has 0 saturated carbocycles. The second-order valence-electron chi connectivity index (χ2n) is 5.89. The van der Waals surface area contributed by atoms with Gasteiger partial charge in [0.25, 0.3) is 0 Å². The van der Waals surface area contributed by atoms with Crippen LogP contribution in [0.3, 0.4) is 0 Å². The number of nitrogens with zero attached hydrogens (tertiary/aromatic N) is 2. The molecular formula is C17H26N2O4. The fourth-order valence-corrected chi connectivity index (χ4v) is 2.65. The zero-order valence-corrected chi connectivity index (χ0v) is 14.4. The van der Waals surface area contributed by atoms with Crippen LogP contribution in [0, 0.1) is 0 Å². The van der Waals surface area contributed by atoms with Crippen LogP contribution in [0.15, 0.2) is 18.2 Å². The van der Waals surface area contributed by atoms with Crippen LogP contribution in [0.1, 0.15) is 17.3 Å². The molecule has 1 saturated heterocycles. The molecule has 1 aromatic carbocycles. The van der Waals surface area contributed by atoms with Gasteiger partial charge in [0.2, 0.25) is 0 Å². The molecule has 1 aliphatic heterocycles. The topological polar surface area (TPSA) is 51.2 Å². The van der Waals surface area contributed by atoms with Crippen molar-refractivity contribution in [3.05, 3.63) is 23.8 Å². The fourth-order valence-electron chi connectivity index (χ4n) is 2.65. The summed E-state index contributed by atoms with van der Waals surface area (Å²) in [4.78, 5) is 16.9. The highest BCUT2D eigenvalue weighted by molar-refractivity contribution is 5.90. The third-order valence-corrected chi connectivity index (χ3v) is 4.04. The molecule has 0 amide bonds. The van der Waals surface area contributed by atoms with Gasteiger partial charge in [-0.15, -0.1) is 0 Å². The first kappa shape index (κ1) is 17.6. The van der Waals surface area contributed by atoms with Crippen molar-refractivity contribution >= 4 is 5.97 Å². The lowest BCUT2D eigenvalue weighted by Crippen LogP contribution is -2.47. The van der Waals surface area contributed by atoms with Crippen LogP contribution in [0.4, 0.5) is 0 Å². The number of carbonyl (C=O) groups is 1. The van der Waals surface area contributed by atoms with Crippen molar-refractivity contribution in [1.82, 2.24) is 9.80 Å². The Kier molecular flexibility index (Phi) is 6.24. The van der Waals surface area contributed by atoms with E-state index in [1.165, 1.54) is 0 Å². The number of likely N-dealkylation sites (N-methyl/N-ethyl adjacent to an activating group) is 1. The molecule has 1 atom stereocenters. The standard InChI is InChI=1S/C17H26N2O4/c1-13(12-19-9-7-18(2)8-10-19)23-17(20)14-5-6-15(21-3)16(11-14)22-4/h5-6,11,13H,7-10,12H2,1-4H3/t13-/m0/s1. The van der Waals surface area contributed by atoms with Gasteiger partial charge in [0.1, 0.15) is 6.10 Å². The highest BCUT2D eigenvalue weighted by Gasteiger charge is 2.19. The first-order valence-corrected chi connectivity index (χ1v) is 7.87. The molecule has 0 N–H and O–H groups in total. The molecule has 0 spiro atoms. The van der Waals surface area contributed by atoms with Gasteiger partial charge in [-0.3, -0.25) is 4.90 Å². The summed E-state index contributed by atoms with van der Waals surface area (Å²) in [6, 6.07) is 5.04. The molecule has 1 heterocycles. The van der Waals surface area contributed by atoms with Gasteiger partial charge >= 0.3 is 5.97 Å². The average molecular weight is 322 g/mol. The van der Waals surface area contributed by atoms with E-state index in [1.54, 1.807) is 32.4 Å². The van der Waals surface area contributed by atoms with E-state index < -0.39 is 0 Å². The van der Waals surface area contributed by atoms with Gasteiger partial charge in [-0.1, -0.05) is 0 Å². The number of rotatable bonds is 6. The number of piperazine rings is 1. The van der Waals surface area contributed by atoms with Gasteiger partial charge in [-0.05, 0) is 32.2 Å². The predicted octanol–water partition coefficient (Wildman–Crippen LogP) is 1.50. The van der Waals surface area contributed by atoms with E-state index in [9.17, 15) is 4.79 Å². The number of hydrogen-bond donors (Lipinski definition) is 0. The second kappa shape index (κ2) is 8.17. The summed E-state index contributed by atoms with van der Waals surface area (Å²) in [5.74, 6) is 0.774. The minimum atomic E-state index is -0.340. The van der Waals surface area contributed by atoms with E-state index in [0.29, 0.717) is 17.1 Å². The van der Waals surface area contributed by atoms with Crippen molar-refractivity contribution in [3.63, 3.8) is 0 Å². The number of carbonyl (C=O) groups excluding carboxylic acids is 1. The lowest BCUT2D eigenvalue weighted by atomic mass is 10.2. The van der Waals surface area contributed by atoms with Crippen LogP contribution in [0.5, 0.6) is 11.5 Å². The summed E-state index contributed by atoms with van der Waals surface area (Å²) >= 11 is 0. The molecule has 1 aromatic rings. The van der Waals surface area contributed by atoms with E-state index in [0.717, 1.165) is 32.7 Å². The Bertz CT molecular complexity index is 527. The molecule has 1 aliphatic rings. The lowest BCUT2D eigenvalue weighted by molar-refractivity contribution is 0.0207. The number of methoxy groups -OCH3 is 2. The Hall–Kier alpha value is -1.79. The van der Waals surface area contributed by atoms with Crippen LogP contribution in [0.25, 0.3) is 0 Å². The molecule has 0 bridgehead atoms. The van der Waals surface area contributed by atoms with Gasteiger partial charge in [0, 0.05) is 32.7 Å². The number of esters is 1. The molecule has 2 rings (SSSR count). The Balaban J connectivity index is 1.90. The zero-order chi connectivity index (χ0) is 16.8. The molecule has 6 heteroatoms. The first-order valence-electron chi connectivity index (χ1n) is 7.87. The van der Waals surface area contributed by atoms with Gasteiger partial charge < -0.3 is 19.1 Å². The summed E-state index contributed by atoms with van der Waals surface area (Å²) in [6.07, 6.45) is -0.154. The van der Waals surface area contributed by atoms with Crippen molar-refractivity contribution in [2.75, 3.05) is 54.0 Å². The Morgan fingerprint density at radius 3 is 2.39 bits per heavy atom. The molecule has 23 heavy (non-hydrogen) atoms. The minimum Gasteiger partial charge on any atom is -0.493 e. The van der Waals surface area contributed by atoms with Crippen molar-refractivity contribution < 1.29 is 19.0 Å². The van der Waals surface area contributed by atoms with Crippen LogP contribution < -0.4 is 9.47 Å². The maximum absolute atomic E-state index is 12.3. The van der Waals surface area contributed by atoms with Crippen LogP contribution in [-0.2, 0) is 4.74 Å². The average Bonchev–Trinajstić information content (AvgIpc) is 2.56. The maximum atomic E-state index is 12.3. The summed E-state index contributed by atoms with van der Waals surface area (Å²) in [6.45, 7) is 6.81. The van der Waals surface area contributed by atoms with E-state index >= 15 is 0 Å². The molecular weight excluding hydrogens is 296 g/mol. The van der Waals surface area contributed by atoms with Gasteiger partial charge in [-0.2, -0.15) is 0 Å². The van der Waals surface area contributed by atoms with E-state index in [2.05, 4.69) is 16.8 Å². The normalized spacial score (nSPS) is 17.6. The van der Waals surface area contributed by atoms with Gasteiger partial charge in [0.05, 0.1) is 19.8 Å². The van der Waals surface area contributed by atoms with E-state index in [1.807, 2.05) is 6.92 Å². The highest BCUT2D eigenvalue weighted by Crippen LogP contribution is 2.27. The molecule has 0 aromatic heterocycles. The Morgan fingerprint density at radius 1 is 1.13 bits per heavy atom. The third-order valence-electron chi connectivity index (χ3n) is 4.04. The molecule has 128 valence electrons. The monoisotopic (exact) mass is 322 g/mol. The van der Waals surface area contributed by atoms with Crippen LogP contribution in [-0.4, -0.2) is 75.9 Å². The number of benzene rings is 1. The summed E-state index contributed by atoms with van der Waals surface area (Å²) in [7, 11) is 5.23. The van der Waals surface area contributed by atoms with Crippen molar-refractivity contribution in [3.8, 4) is 11.5 Å². The van der Waals surface area contributed by atoms with E-state index in [-0.39, 0.29) is 12.1 Å². The molecule has 0 radical (unpaired) electrons. The predicted molar refractivity (Wildman–Crippen MR) is 88.4 cm³/mol. The van der Waals surface area contributed by atoms with Crippen molar-refractivity contribution in [2.45, 2.75) is 13.0 Å². The lowest BCUT2D eigenvalue weighted by Gasteiger charge is -2.33. The first-order chi connectivity index (χ1) is 11.0. The third kappa shape index (κ3) is 4.84. The fraction of sp³-hybridized carbons (Fsp3) is 0.588. The van der Waals surface area contributed by atoms with E-state index in [4.69, 9.17) is 14.2 Å². The SMILES string of the molecule is COc1ccc(C(=O)O[C@@H](C)CN2CCN(C)CC2)cc1OC. The smallest absolute Gasteiger partial charge is 0.338 e. The van der Waals surface area contributed by atoms with Crippen LogP contribution in [0.2, 0.25) is 0 Å².